The normalized spacial score (nSPS) is 18.8. The van der Waals surface area contributed by atoms with Crippen LogP contribution in [0.3, 0.4) is 0 Å². The van der Waals surface area contributed by atoms with E-state index < -0.39 is 6.04 Å². The van der Waals surface area contributed by atoms with Crippen LogP contribution in [0.1, 0.15) is 5.56 Å². The molecule has 100 valence electrons. The Balaban J connectivity index is 2.40. The minimum atomic E-state index is -0.403. The van der Waals surface area contributed by atoms with E-state index in [1.54, 1.807) is 13.1 Å². The number of rotatable bonds is 2. The molecule has 1 atom stereocenters. The van der Waals surface area contributed by atoms with Crippen molar-refractivity contribution in [1.82, 2.24) is 5.32 Å². The largest absolute Gasteiger partial charge is 0.377 e. The van der Waals surface area contributed by atoms with E-state index in [9.17, 15) is 10.1 Å². The van der Waals surface area contributed by atoms with Crippen molar-refractivity contribution in [2.24, 2.45) is 0 Å². The Hall–Kier alpha value is -1.58. The SMILES string of the molecule is CNC(=O)C1COCCN1c1cc(Br)ccc1C#N. The second kappa shape index (κ2) is 6.04. The summed E-state index contributed by atoms with van der Waals surface area (Å²) in [5.41, 5.74) is 1.31. The van der Waals surface area contributed by atoms with Crippen molar-refractivity contribution in [1.29, 1.82) is 5.26 Å². The van der Waals surface area contributed by atoms with Crippen molar-refractivity contribution in [2.45, 2.75) is 6.04 Å². The van der Waals surface area contributed by atoms with Gasteiger partial charge in [0.2, 0.25) is 5.91 Å². The van der Waals surface area contributed by atoms with Crippen molar-refractivity contribution in [3.05, 3.63) is 28.2 Å². The summed E-state index contributed by atoms with van der Waals surface area (Å²) in [6, 6.07) is 7.18. The van der Waals surface area contributed by atoms with Crippen molar-refractivity contribution < 1.29 is 9.53 Å². The quantitative estimate of drug-likeness (QED) is 0.890. The van der Waals surface area contributed by atoms with E-state index in [2.05, 4.69) is 27.3 Å². The van der Waals surface area contributed by atoms with Crippen LogP contribution < -0.4 is 10.2 Å². The number of amides is 1. The van der Waals surface area contributed by atoms with Gasteiger partial charge in [-0.05, 0) is 18.2 Å². The summed E-state index contributed by atoms with van der Waals surface area (Å²) >= 11 is 3.40. The summed E-state index contributed by atoms with van der Waals surface area (Å²) in [6.45, 7) is 1.46. The van der Waals surface area contributed by atoms with E-state index in [1.165, 1.54) is 0 Å². The molecule has 0 saturated carbocycles. The molecule has 0 radical (unpaired) electrons. The molecule has 0 aromatic heterocycles. The molecule has 5 nitrogen and oxygen atoms in total. The van der Waals surface area contributed by atoms with Crippen LogP contribution in [0, 0.1) is 11.3 Å². The summed E-state index contributed by atoms with van der Waals surface area (Å²) in [5.74, 6) is -0.108. The van der Waals surface area contributed by atoms with Gasteiger partial charge in [-0.25, -0.2) is 0 Å². The second-order valence-corrected chi connectivity index (χ2v) is 5.09. The number of likely N-dealkylation sites (N-methyl/N-ethyl adjacent to an activating group) is 1. The van der Waals surface area contributed by atoms with Gasteiger partial charge in [-0.3, -0.25) is 4.79 Å². The maximum atomic E-state index is 11.9. The predicted octanol–water partition coefficient (Wildman–Crippen LogP) is 1.27. The highest BCUT2D eigenvalue weighted by atomic mass is 79.9. The Kier molecular flexibility index (Phi) is 4.40. The molecular formula is C13H14BrN3O2. The van der Waals surface area contributed by atoms with Gasteiger partial charge in [0.15, 0.2) is 0 Å². The fraction of sp³-hybridized carbons (Fsp3) is 0.385. The van der Waals surface area contributed by atoms with E-state index in [4.69, 9.17) is 4.74 Å². The lowest BCUT2D eigenvalue weighted by Gasteiger charge is -2.36. The Morgan fingerprint density at radius 2 is 2.42 bits per heavy atom. The fourth-order valence-electron chi connectivity index (χ4n) is 2.11. The number of hydrogen-bond donors (Lipinski definition) is 1. The molecule has 1 saturated heterocycles. The minimum Gasteiger partial charge on any atom is -0.377 e. The van der Waals surface area contributed by atoms with Crippen LogP contribution in [-0.2, 0) is 9.53 Å². The molecule has 1 unspecified atom stereocenters. The number of nitriles is 1. The number of benzene rings is 1. The Labute approximate surface area is 120 Å². The second-order valence-electron chi connectivity index (χ2n) is 4.17. The number of nitrogens with zero attached hydrogens (tertiary/aromatic N) is 2. The molecule has 1 aliphatic heterocycles. The third kappa shape index (κ3) is 2.88. The first-order valence-corrected chi connectivity index (χ1v) is 6.72. The average molecular weight is 324 g/mol. The summed E-state index contributed by atoms with van der Waals surface area (Å²) in [4.78, 5) is 13.8. The molecule has 6 heteroatoms. The van der Waals surface area contributed by atoms with Crippen molar-refractivity contribution in [2.75, 3.05) is 31.7 Å². The van der Waals surface area contributed by atoms with Gasteiger partial charge in [-0.1, -0.05) is 15.9 Å². The Morgan fingerprint density at radius 3 is 3.11 bits per heavy atom. The summed E-state index contributed by atoms with van der Waals surface area (Å²) in [6.07, 6.45) is 0. The molecule has 2 rings (SSSR count). The molecule has 1 aromatic carbocycles. The number of carbonyl (C=O) groups is 1. The molecule has 0 aliphatic carbocycles. The number of morpholine rings is 1. The molecule has 19 heavy (non-hydrogen) atoms. The van der Waals surface area contributed by atoms with E-state index in [-0.39, 0.29) is 5.91 Å². The summed E-state index contributed by atoms with van der Waals surface area (Å²) in [5, 5.41) is 11.8. The van der Waals surface area contributed by atoms with Gasteiger partial charge in [0.05, 0.1) is 24.5 Å². The average Bonchev–Trinajstić information content (AvgIpc) is 2.46. The Bertz CT molecular complexity index is 527. The number of ether oxygens (including phenoxy) is 1. The fourth-order valence-corrected chi connectivity index (χ4v) is 2.46. The van der Waals surface area contributed by atoms with E-state index in [1.807, 2.05) is 17.0 Å². The highest BCUT2D eigenvalue weighted by Crippen LogP contribution is 2.27. The molecule has 1 heterocycles. The molecule has 1 amide bonds. The smallest absolute Gasteiger partial charge is 0.244 e. The molecule has 1 N–H and O–H groups in total. The first kappa shape index (κ1) is 13.8. The summed E-state index contributed by atoms with van der Waals surface area (Å²) < 4.78 is 6.24. The van der Waals surface area contributed by atoms with Crippen LogP contribution >= 0.6 is 15.9 Å². The maximum absolute atomic E-state index is 11.9. The lowest BCUT2D eigenvalue weighted by atomic mass is 10.1. The number of halogens is 1. The third-order valence-electron chi connectivity index (χ3n) is 3.07. The lowest BCUT2D eigenvalue weighted by Crippen LogP contribution is -2.53. The van der Waals surface area contributed by atoms with Crippen molar-refractivity contribution in [3.8, 4) is 6.07 Å². The van der Waals surface area contributed by atoms with Crippen LogP contribution in [0.4, 0.5) is 5.69 Å². The van der Waals surface area contributed by atoms with E-state index in [0.717, 1.165) is 10.2 Å². The third-order valence-corrected chi connectivity index (χ3v) is 3.56. The molecule has 0 bridgehead atoms. The lowest BCUT2D eigenvalue weighted by molar-refractivity contribution is -0.124. The number of anilines is 1. The number of nitrogens with one attached hydrogen (secondary N) is 1. The highest BCUT2D eigenvalue weighted by Gasteiger charge is 2.30. The molecule has 1 aromatic rings. The maximum Gasteiger partial charge on any atom is 0.244 e. The zero-order valence-corrected chi connectivity index (χ0v) is 12.1. The van der Waals surface area contributed by atoms with Gasteiger partial charge in [0.1, 0.15) is 12.1 Å². The van der Waals surface area contributed by atoms with Crippen LogP contribution in [0.5, 0.6) is 0 Å². The first-order chi connectivity index (χ1) is 9.17. The minimum absolute atomic E-state index is 0.108. The molecular weight excluding hydrogens is 310 g/mol. The van der Waals surface area contributed by atoms with Gasteiger partial charge in [0, 0.05) is 18.1 Å². The topological polar surface area (TPSA) is 65.4 Å². The molecule has 1 fully saturated rings. The summed E-state index contributed by atoms with van der Waals surface area (Å²) in [7, 11) is 1.60. The van der Waals surface area contributed by atoms with Crippen molar-refractivity contribution >= 4 is 27.5 Å². The highest BCUT2D eigenvalue weighted by molar-refractivity contribution is 9.10. The number of hydrogen-bond acceptors (Lipinski definition) is 4. The van der Waals surface area contributed by atoms with Crippen molar-refractivity contribution in [3.63, 3.8) is 0 Å². The van der Waals surface area contributed by atoms with E-state index >= 15 is 0 Å². The van der Waals surface area contributed by atoms with Crippen LogP contribution in [0.25, 0.3) is 0 Å². The van der Waals surface area contributed by atoms with Gasteiger partial charge in [0.25, 0.3) is 0 Å². The van der Waals surface area contributed by atoms with Gasteiger partial charge in [-0.15, -0.1) is 0 Å². The van der Waals surface area contributed by atoms with Gasteiger partial charge < -0.3 is 15.0 Å². The predicted molar refractivity (Wildman–Crippen MR) is 74.9 cm³/mol. The molecule has 0 spiro atoms. The Morgan fingerprint density at radius 1 is 1.63 bits per heavy atom. The standard InChI is InChI=1S/C13H14BrN3O2/c1-16-13(18)12-8-19-5-4-17(12)11-6-10(14)3-2-9(11)7-15/h2-3,6,12H,4-5,8H2,1H3,(H,16,18). The van der Waals surface area contributed by atoms with Crippen LogP contribution in [-0.4, -0.2) is 38.8 Å². The zero-order valence-electron chi connectivity index (χ0n) is 10.5. The number of carbonyl (C=O) groups excluding carboxylic acids is 1. The van der Waals surface area contributed by atoms with Crippen LogP contribution in [0.2, 0.25) is 0 Å². The monoisotopic (exact) mass is 323 g/mol. The van der Waals surface area contributed by atoms with Gasteiger partial charge in [-0.2, -0.15) is 5.26 Å². The van der Waals surface area contributed by atoms with Gasteiger partial charge >= 0.3 is 0 Å². The van der Waals surface area contributed by atoms with Crippen LogP contribution in [0.15, 0.2) is 22.7 Å². The first-order valence-electron chi connectivity index (χ1n) is 5.93. The molecule has 1 aliphatic rings. The van der Waals surface area contributed by atoms with E-state index in [0.29, 0.717) is 25.3 Å². The zero-order chi connectivity index (χ0) is 13.8.